The molecule has 1 saturated heterocycles. The molecule has 1 fully saturated rings. The number of ether oxygens (including phenoxy) is 6. The fraction of sp³-hybridized carbons (Fsp3) is 0.333. The van der Waals surface area contributed by atoms with Gasteiger partial charge in [0.2, 0.25) is 12.4 Å². The van der Waals surface area contributed by atoms with Crippen molar-refractivity contribution in [1.82, 2.24) is 0 Å². The normalized spacial score (nSPS) is 22.6. The van der Waals surface area contributed by atoms with E-state index in [2.05, 4.69) is 6.07 Å². The Labute approximate surface area is 229 Å². The van der Waals surface area contributed by atoms with Crippen LogP contribution in [0.2, 0.25) is 0 Å². The Hall–Kier alpha value is -4.44. The highest BCUT2D eigenvalue weighted by atomic mass is 16.7. The summed E-state index contributed by atoms with van der Waals surface area (Å²) in [6, 6.07) is 17.8. The maximum atomic E-state index is 12.2. The van der Waals surface area contributed by atoms with Gasteiger partial charge in [0.05, 0.1) is 0 Å². The van der Waals surface area contributed by atoms with Crippen LogP contribution >= 0.6 is 0 Å². The van der Waals surface area contributed by atoms with E-state index in [1.165, 1.54) is 27.7 Å². The van der Waals surface area contributed by atoms with Crippen molar-refractivity contribution in [2.45, 2.75) is 58.4 Å². The zero-order valence-electron chi connectivity index (χ0n) is 22.4. The molecule has 5 rings (SSSR count). The van der Waals surface area contributed by atoms with Gasteiger partial charge in [-0.1, -0.05) is 42.5 Å². The van der Waals surface area contributed by atoms with Gasteiger partial charge < -0.3 is 28.4 Å². The fourth-order valence-electron chi connectivity index (χ4n) is 5.22. The summed E-state index contributed by atoms with van der Waals surface area (Å²) < 4.78 is 34.1. The van der Waals surface area contributed by atoms with Gasteiger partial charge in [0.15, 0.2) is 12.2 Å². The van der Waals surface area contributed by atoms with Crippen molar-refractivity contribution >= 4 is 56.2 Å². The molecule has 4 aromatic carbocycles. The summed E-state index contributed by atoms with van der Waals surface area (Å²) in [4.78, 5) is 47.8. The molecular formula is C30H28O10. The van der Waals surface area contributed by atoms with Crippen LogP contribution in [0.25, 0.3) is 32.3 Å². The number of benzene rings is 4. The van der Waals surface area contributed by atoms with Crippen LogP contribution in [-0.2, 0) is 42.9 Å². The topological polar surface area (TPSA) is 124 Å². The van der Waals surface area contributed by atoms with Gasteiger partial charge in [0.1, 0.15) is 18.5 Å². The zero-order chi connectivity index (χ0) is 28.6. The van der Waals surface area contributed by atoms with Crippen molar-refractivity contribution in [3.05, 3.63) is 54.6 Å². The highest BCUT2D eigenvalue weighted by molar-refractivity contribution is 6.24. The summed E-state index contributed by atoms with van der Waals surface area (Å²) >= 11 is 0. The lowest BCUT2D eigenvalue weighted by atomic mass is 9.94. The Morgan fingerprint density at radius 3 is 1.82 bits per heavy atom. The van der Waals surface area contributed by atoms with Crippen molar-refractivity contribution in [2.75, 3.05) is 6.61 Å². The van der Waals surface area contributed by atoms with Gasteiger partial charge in [-0.05, 0) is 33.7 Å². The van der Waals surface area contributed by atoms with E-state index in [0.717, 1.165) is 32.3 Å². The standard InChI is InChI=1S/C30H28O10/c1-15(31)35-14-24-27(36-16(2)32)28(37-17(3)33)29(38-18(4)34)30(40-24)39-23-13-11-21-9-8-19-6-5-7-20-10-12-22(23)26(21)25(19)20/h5-13,24,27-30H,14H2,1-4H3. The molecule has 5 unspecified atom stereocenters. The minimum absolute atomic E-state index is 0.337. The van der Waals surface area contributed by atoms with Crippen LogP contribution in [0.3, 0.4) is 0 Å². The summed E-state index contributed by atoms with van der Waals surface area (Å²) in [6.07, 6.45) is -6.32. The number of rotatable bonds is 7. The van der Waals surface area contributed by atoms with Crippen molar-refractivity contribution in [3.8, 4) is 5.75 Å². The van der Waals surface area contributed by atoms with Gasteiger partial charge in [-0.15, -0.1) is 0 Å². The molecule has 0 aromatic heterocycles. The second kappa shape index (κ2) is 11.0. The number of carbonyl (C=O) groups excluding carboxylic acids is 4. The minimum atomic E-state index is -1.32. The van der Waals surface area contributed by atoms with Crippen LogP contribution < -0.4 is 4.74 Å². The second-order valence-electron chi connectivity index (χ2n) is 9.61. The van der Waals surface area contributed by atoms with E-state index in [1.807, 2.05) is 42.5 Å². The van der Waals surface area contributed by atoms with Crippen molar-refractivity contribution in [3.63, 3.8) is 0 Å². The molecule has 1 heterocycles. The molecule has 4 aromatic rings. The molecule has 0 bridgehead atoms. The first-order valence-electron chi connectivity index (χ1n) is 12.8. The van der Waals surface area contributed by atoms with E-state index in [-0.39, 0.29) is 6.61 Å². The monoisotopic (exact) mass is 548 g/mol. The summed E-state index contributed by atoms with van der Waals surface area (Å²) in [5, 5.41) is 5.99. The Morgan fingerprint density at radius 1 is 0.650 bits per heavy atom. The van der Waals surface area contributed by atoms with Crippen LogP contribution in [0.4, 0.5) is 0 Å². The molecule has 40 heavy (non-hydrogen) atoms. The van der Waals surface area contributed by atoms with Gasteiger partial charge in [-0.3, -0.25) is 19.2 Å². The molecule has 10 nitrogen and oxygen atoms in total. The molecule has 208 valence electrons. The van der Waals surface area contributed by atoms with Crippen LogP contribution in [-0.4, -0.2) is 61.2 Å². The molecule has 0 radical (unpaired) electrons. The molecule has 1 aliphatic rings. The molecule has 0 amide bonds. The molecule has 0 spiro atoms. The number of hydrogen-bond donors (Lipinski definition) is 0. The smallest absolute Gasteiger partial charge is 0.303 e. The zero-order valence-corrected chi connectivity index (χ0v) is 22.4. The molecule has 0 saturated carbocycles. The Bertz CT molecular complexity index is 1580. The fourth-order valence-corrected chi connectivity index (χ4v) is 5.22. The maximum Gasteiger partial charge on any atom is 0.303 e. The Kier molecular flexibility index (Phi) is 7.44. The third-order valence-electron chi connectivity index (χ3n) is 6.68. The van der Waals surface area contributed by atoms with Crippen LogP contribution in [0.5, 0.6) is 5.75 Å². The van der Waals surface area contributed by atoms with E-state index >= 15 is 0 Å². The molecular weight excluding hydrogens is 520 g/mol. The lowest BCUT2D eigenvalue weighted by molar-refractivity contribution is -0.288. The third kappa shape index (κ3) is 5.35. The van der Waals surface area contributed by atoms with E-state index in [4.69, 9.17) is 28.4 Å². The van der Waals surface area contributed by atoms with Gasteiger partial charge in [-0.2, -0.15) is 0 Å². The molecule has 1 aliphatic heterocycles. The Balaban J connectivity index is 1.60. The molecule has 0 N–H and O–H groups in total. The predicted molar refractivity (Wildman–Crippen MR) is 143 cm³/mol. The first-order chi connectivity index (χ1) is 19.1. The summed E-state index contributed by atoms with van der Waals surface area (Å²) in [5.41, 5.74) is 0. The maximum absolute atomic E-state index is 12.2. The molecule has 5 atom stereocenters. The van der Waals surface area contributed by atoms with Gasteiger partial charge in [-0.25, -0.2) is 0 Å². The van der Waals surface area contributed by atoms with Crippen molar-refractivity contribution in [2.24, 2.45) is 0 Å². The van der Waals surface area contributed by atoms with Crippen molar-refractivity contribution in [1.29, 1.82) is 0 Å². The largest absolute Gasteiger partial charge is 0.463 e. The molecule has 0 aliphatic carbocycles. The highest BCUT2D eigenvalue weighted by Gasteiger charge is 2.53. The van der Waals surface area contributed by atoms with E-state index in [9.17, 15) is 19.2 Å². The summed E-state index contributed by atoms with van der Waals surface area (Å²) in [6.45, 7) is 4.40. The van der Waals surface area contributed by atoms with E-state index in [1.54, 1.807) is 6.07 Å². The van der Waals surface area contributed by atoms with E-state index in [0.29, 0.717) is 5.75 Å². The average molecular weight is 549 g/mol. The quantitative estimate of drug-likeness (QED) is 0.190. The first-order valence-corrected chi connectivity index (χ1v) is 12.8. The Morgan fingerprint density at radius 2 is 1.20 bits per heavy atom. The molecule has 10 heteroatoms. The highest BCUT2D eigenvalue weighted by Crippen LogP contribution is 2.40. The van der Waals surface area contributed by atoms with Crippen LogP contribution in [0, 0.1) is 0 Å². The van der Waals surface area contributed by atoms with E-state index < -0.39 is 54.6 Å². The summed E-state index contributed by atoms with van der Waals surface area (Å²) in [5.74, 6) is -2.29. The number of carbonyl (C=O) groups is 4. The average Bonchev–Trinajstić information content (AvgIpc) is 2.89. The van der Waals surface area contributed by atoms with Crippen LogP contribution in [0.1, 0.15) is 27.7 Å². The summed E-state index contributed by atoms with van der Waals surface area (Å²) in [7, 11) is 0. The third-order valence-corrected chi connectivity index (χ3v) is 6.68. The second-order valence-corrected chi connectivity index (χ2v) is 9.61. The van der Waals surface area contributed by atoms with Crippen LogP contribution in [0.15, 0.2) is 54.6 Å². The lowest BCUT2D eigenvalue weighted by Crippen LogP contribution is -2.63. The SMILES string of the molecule is CC(=O)OCC1OC(Oc2ccc3ccc4cccc5ccc2c3c45)C(OC(C)=O)C(OC(C)=O)C1OC(C)=O. The number of hydrogen-bond acceptors (Lipinski definition) is 10. The van der Waals surface area contributed by atoms with Gasteiger partial charge >= 0.3 is 23.9 Å². The lowest BCUT2D eigenvalue weighted by Gasteiger charge is -2.44. The minimum Gasteiger partial charge on any atom is -0.463 e. The number of esters is 4. The first kappa shape index (κ1) is 27.1. The van der Waals surface area contributed by atoms with Gasteiger partial charge in [0, 0.05) is 38.5 Å². The van der Waals surface area contributed by atoms with Gasteiger partial charge in [0.25, 0.3) is 0 Å². The predicted octanol–water partition coefficient (Wildman–Crippen LogP) is 4.05. The van der Waals surface area contributed by atoms with Crippen molar-refractivity contribution < 1.29 is 47.6 Å².